The van der Waals surface area contributed by atoms with Crippen molar-refractivity contribution in [3.05, 3.63) is 72.2 Å². The molecule has 4 rings (SSSR count). The number of aromatic nitrogens is 2. The van der Waals surface area contributed by atoms with Crippen LogP contribution in [0.5, 0.6) is 0 Å². The van der Waals surface area contributed by atoms with E-state index < -0.39 is 15.7 Å². The van der Waals surface area contributed by atoms with E-state index in [-0.39, 0.29) is 11.5 Å². The summed E-state index contributed by atoms with van der Waals surface area (Å²) in [6.45, 7) is 0. The van der Waals surface area contributed by atoms with E-state index in [1.165, 1.54) is 11.8 Å². The molecule has 4 aromatic rings. The smallest absolute Gasteiger partial charge is 0.291 e. The average Bonchev–Trinajstić information content (AvgIpc) is 3.26. The Kier molecular flexibility index (Phi) is 5.40. The van der Waals surface area contributed by atoms with Crippen molar-refractivity contribution < 1.29 is 17.6 Å². The number of carbonyl (C=O) groups is 1. The number of fused-ring (bicyclic) bond motifs is 1. The summed E-state index contributed by atoms with van der Waals surface area (Å²) in [6.07, 6.45) is 4.74. The normalized spacial score (nSPS) is 11.7. The highest BCUT2D eigenvalue weighted by molar-refractivity contribution is 7.99. The molecule has 154 valence electrons. The first kappa shape index (κ1) is 20.2. The van der Waals surface area contributed by atoms with Crippen molar-refractivity contribution in [3.8, 4) is 0 Å². The van der Waals surface area contributed by atoms with Crippen LogP contribution in [0, 0.1) is 0 Å². The number of rotatable bonds is 6. The van der Waals surface area contributed by atoms with E-state index in [0.29, 0.717) is 22.2 Å². The highest BCUT2D eigenvalue weighted by atomic mass is 32.2. The zero-order chi connectivity index (χ0) is 21.3. The molecule has 0 aliphatic heterocycles. The van der Waals surface area contributed by atoms with Crippen molar-refractivity contribution in [1.82, 2.24) is 9.55 Å². The van der Waals surface area contributed by atoms with E-state index in [1.807, 2.05) is 29.9 Å². The fraction of sp³-hybridized carbons (Fsp3) is 0.143. The molecule has 1 N–H and O–H groups in total. The average molecular weight is 442 g/mol. The minimum atomic E-state index is -3.35. The first-order valence-electron chi connectivity index (χ1n) is 9.05. The number of anilines is 1. The molecular weight excluding hydrogens is 422 g/mol. The fourth-order valence-electron chi connectivity index (χ4n) is 3.04. The molecule has 0 saturated carbocycles. The SMILES string of the molecule is Cn1ccnc1Sc1ccc(NC(=O)c2oc3ccccc3c2CS(C)(=O)=O)cc1. The molecule has 2 aromatic heterocycles. The van der Waals surface area contributed by atoms with Gasteiger partial charge in [-0.1, -0.05) is 30.0 Å². The van der Waals surface area contributed by atoms with Gasteiger partial charge in [0.1, 0.15) is 5.58 Å². The third-order valence-electron chi connectivity index (χ3n) is 4.41. The zero-order valence-electron chi connectivity index (χ0n) is 16.3. The highest BCUT2D eigenvalue weighted by Crippen LogP contribution is 2.29. The number of nitrogens with zero attached hydrogens (tertiary/aromatic N) is 2. The molecule has 0 fully saturated rings. The van der Waals surface area contributed by atoms with Gasteiger partial charge in [-0.05, 0) is 30.3 Å². The molecule has 2 heterocycles. The number of carbonyl (C=O) groups excluding carboxylic acids is 1. The van der Waals surface area contributed by atoms with E-state index in [0.717, 1.165) is 16.3 Å². The Morgan fingerprint density at radius 3 is 2.57 bits per heavy atom. The van der Waals surface area contributed by atoms with Gasteiger partial charge in [0.2, 0.25) is 0 Å². The van der Waals surface area contributed by atoms with Crippen molar-refractivity contribution in [2.75, 3.05) is 11.6 Å². The number of hydrogen-bond acceptors (Lipinski definition) is 6. The fourth-order valence-corrected chi connectivity index (χ4v) is 4.65. The predicted molar refractivity (Wildman–Crippen MR) is 116 cm³/mol. The Morgan fingerprint density at radius 1 is 1.17 bits per heavy atom. The largest absolute Gasteiger partial charge is 0.451 e. The van der Waals surface area contributed by atoms with Crippen LogP contribution in [-0.4, -0.2) is 30.1 Å². The maximum Gasteiger partial charge on any atom is 0.291 e. The van der Waals surface area contributed by atoms with Crippen LogP contribution >= 0.6 is 11.8 Å². The lowest BCUT2D eigenvalue weighted by Crippen LogP contribution is -2.14. The molecule has 0 unspecified atom stereocenters. The number of benzene rings is 2. The van der Waals surface area contributed by atoms with Gasteiger partial charge in [0.15, 0.2) is 20.8 Å². The molecule has 0 saturated heterocycles. The Morgan fingerprint density at radius 2 is 1.90 bits per heavy atom. The quantitative estimate of drug-likeness (QED) is 0.484. The first-order chi connectivity index (χ1) is 14.3. The molecule has 30 heavy (non-hydrogen) atoms. The van der Waals surface area contributed by atoms with Gasteiger partial charge in [0.05, 0.1) is 5.75 Å². The number of aryl methyl sites for hydroxylation is 1. The van der Waals surface area contributed by atoms with Gasteiger partial charge < -0.3 is 14.3 Å². The lowest BCUT2D eigenvalue weighted by molar-refractivity contribution is 0.0998. The van der Waals surface area contributed by atoms with Gasteiger partial charge in [-0.15, -0.1) is 0 Å². The van der Waals surface area contributed by atoms with Gasteiger partial charge in [0, 0.05) is 47.2 Å². The van der Waals surface area contributed by atoms with Gasteiger partial charge >= 0.3 is 0 Å². The predicted octanol–water partition coefficient (Wildman–Crippen LogP) is 4.11. The zero-order valence-corrected chi connectivity index (χ0v) is 18.0. The van der Waals surface area contributed by atoms with Crippen LogP contribution in [0.3, 0.4) is 0 Å². The van der Waals surface area contributed by atoms with Gasteiger partial charge in [-0.2, -0.15) is 0 Å². The molecule has 0 aliphatic rings. The van der Waals surface area contributed by atoms with Gasteiger partial charge in [-0.25, -0.2) is 13.4 Å². The summed E-state index contributed by atoms with van der Waals surface area (Å²) in [4.78, 5) is 18.1. The molecular formula is C21H19N3O4S2. The lowest BCUT2D eigenvalue weighted by Gasteiger charge is -2.07. The molecule has 7 nitrogen and oxygen atoms in total. The molecule has 0 bridgehead atoms. The Bertz CT molecular complexity index is 1320. The summed E-state index contributed by atoms with van der Waals surface area (Å²) in [5.41, 5.74) is 1.42. The topological polar surface area (TPSA) is 94.2 Å². The minimum absolute atomic E-state index is 0.00749. The van der Waals surface area contributed by atoms with Crippen LogP contribution < -0.4 is 5.32 Å². The standard InChI is InChI=1S/C21H19N3O4S2/c1-24-12-11-22-21(24)29-15-9-7-14(8-10-15)23-20(25)19-17(13-30(2,26)27)16-5-3-4-6-18(16)28-19/h3-12H,13H2,1-2H3,(H,23,25). The molecule has 9 heteroatoms. The van der Waals surface area contributed by atoms with E-state index in [2.05, 4.69) is 10.3 Å². The summed E-state index contributed by atoms with van der Waals surface area (Å²) in [5.74, 6) is -0.756. The van der Waals surface area contributed by atoms with Crippen molar-refractivity contribution >= 4 is 44.2 Å². The van der Waals surface area contributed by atoms with Crippen LogP contribution in [-0.2, 0) is 22.6 Å². The Balaban J connectivity index is 1.57. The molecule has 0 spiro atoms. The molecule has 0 radical (unpaired) electrons. The van der Waals surface area contributed by atoms with Crippen LogP contribution in [0.15, 0.2) is 75.4 Å². The van der Waals surface area contributed by atoms with Crippen LogP contribution in [0.1, 0.15) is 16.1 Å². The minimum Gasteiger partial charge on any atom is -0.451 e. The second kappa shape index (κ2) is 8.00. The molecule has 0 aliphatic carbocycles. The molecule has 2 aromatic carbocycles. The number of furan rings is 1. The van der Waals surface area contributed by atoms with Crippen molar-refractivity contribution in [2.24, 2.45) is 7.05 Å². The lowest BCUT2D eigenvalue weighted by atomic mass is 10.1. The molecule has 0 atom stereocenters. The summed E-state index contributed by atoms with van der Waals surface area (Å²) in [7, 11) is -1.43. The monoisotopic (exact) mass is 441 g/mol. The summed E-state index contributed by atoms with van der Waals surface area (Å²) < 4.78 is 31.4. The maximum absolute atomic E-state index is 12.9. The van der Waals surface area contributed by atoms with Gasteiger partial charge in [-0.3, -0.25) is 4.79 Å². The second-order valence-corrected chi connectivity index (χ2v) is 10.1. The summed E-state index contributed by atoms with van der Waals surface area (Å²) in [5, 5.41) is 4.27. The van der Waals surface area contributed by atoms with E-state index in [4.69, 9.17) is 4.42 Å². The maximum atomic E-state index is 12.9. The number of nitrogens with one attached hydrogen (secondary N) is 1. The second-order valence-electron chi connectivity index (χ2n) is 6.88. The van der Waals surface area contributed by atoms with Crippen molar-refractivity contribution in [3.63, 3.8) is 0 Å². The summed E-state index contributed by atoms with van der Waals surface area (Å²) >= 11 is 1.51. The van der Waals surface area contributed by atoms with Crippen LogP contribution in [0.25, 0.3) is 11.0 Å². The van der Waals surface area contributed by atoms with Gasteiger partial charge in [0.25, 0.3) is 5.91 Å². The first-order valence-corrected chi connectivity index (χ1v) is 11.9. The van der Waals surface area contributed by atoms with Crippen LogP contribution in [0.4, 0.5) is 5.69 Å². The number of amides is 1. The number of sulfone groups is 1. The van der Waals surface area contributed by atoms with Crippen LogP contribution in [0.2, 0.25) is 0 Å². The number of para-hydroxylation sites is 1. The third-order valence-corrected chi connectivity index (χ3v) is 6.31. The third kappa shape index (κ3) is 4.42. The number of hydrogen-bond donors (Lipinski definition) is 1. The van der Waals surface area contributed by atoms with E-state index in [1.54, 1.807) is 42.6 Å². The van der Waals surface area contributed by atoms with E-state index in [9.17, 15) is 13.2 Å². The Hall–Kier alpha value is -3.04. The van der Waals surface area contributed by atoms with Crippen molar-refractivity contribution in [2.45, 2.75) is 15.8 Å². The number of imidazole rings is 1. The van der Waals surface area contributed by atoms with Crippen molar-refractivity contribution in [1.29, 1.82) is 0 Å². The highest BCUT2D eigenvalue weighted by Gasteiger charge is 2.23. The Labute approximate surface area is 178 Å². The van der Waals surface area contributed by atoms with E-state index >= 15 is 0 Å². The molecule has 1 amide bonds. The summed E-state index contributed by atoms with van der Waals surface area (Å²) in [6, 6.07) is 14.3.